The summed E-state index contributed by atoms with van der Waals surface area (Å²) in [5.41, 5.74) is 4.69. The second-order valence-corrected chi connectivity index (χ2v) is 10.9. The third kappa shape index (κ3) is 5.01. The number of esters is 1. The largest absolute Gasteiger partial charge is 0.490 e. The van der Waals surface area contributed by atoms with Crippen LogP contribution >= 0.6 is 0 Å². The van der Waals surface area contributed by atoms with Crippen LogP contribution in [-0.2, 0) is 20.8 Å². The molecular weight excluding hydrogens is 516 g/mol. The fourth-order valence-electron chi connectivity index (χ4n) is 5.24. The van der Waals surface area contributed by atoms with Gasteiger partial charge in [0.15, 0.2) is 17.7 Å². The Balaban J connectivity index is 1.79. The Morgan fingerprint density at radius 2 is 1.95 bits per heavy atom. The molecule has 3 heterocycles. The molecule has 0 spiro atoms. The van der Waals surface area contributed by atoms with Crippen molar-refractivity contribution in [2.45, 2.75) is 52.9 Å². The highest BCUT2D eigenvalue weighted by atomic mass is 19.2. The molecule has 1 atom stereocenters. The van der Waals surface area contributed by atoms with Crippen LogP contribution in [-0.4, -0.2) is 41.4 Å². The van der Waals surface area contributed by atoms with Gasteiger partial charge in [-0.3, -0.25) is 0 Å². The van der Waals surface area contributed by atoms with E-state index in [9.17, 15) is 13.6 Å². The number of hydrogen-bond acceptors (Lipinski definition) is 6. The highest BCUT2D eigenvalue weighted by Crippen LogP contribution is 2.44. The van der Waals surface area contributed by atoms with Crippen LogP contribution < -0.4 is 10.1 Å². The van der Waals surface area contributed by atoms with Crippen molar-refractivity contribution in [3.63, 3.8) is 0 Å². The van der Waals surface area contributed by atoms with E-state index in [1.165, 1.54) is 13.2 Å². The lowest BCUT2D eigenvalue weighted by Gasteiger charge is -2.29. The van der Waals surface area contributed by atoms with Crippen LogP contribution in [0.25, 0.3) is 22.2 Å². The topological polar surface area (TPSA) is 74.6 Å². The maximum absolute atomic E-state index is 14.6. The third-order valence-electron chi connectivity index (χ3n) is 7.01. The lowest BCUT2D eigenvalue weighted by molar-refractivity contribution is -0.164. The number of nitrogens with zero attached hydrogens (tertiary/aromatic N) is 2. The Labute approximate surface area is 232 Å². The number of nitrogens with one attached hydrogen (secondary N) is 1. The third-order valence-corrected chi connectivity index (χ3v) is 7.01. The van der Waals surface area contributed by atoms with Crippen LogP contribution in [0, 0.1) is 25.5 Å². The number of halogens is 2. The van der Waals surface area contributed by atoms with E-state index in [0.29, 0.717) is 30.1 Å². The van der Waals surface area contributed by atoms with E-state index >= 15 is 0 Å². The maximum Gasteiger partial charge on any atom is 0.339 e. The number of carbonyl (C=O) groups is 1. The fourth-order valence-corrected chi connectivity index (χ4v) is 5.24. The monoisotopic (exact) mass is 549 g/mol. The molecule has 1 aliphatic rings. The molecule has 0 radical (unpaired) electrons. The molecule has 1 aliphatic heterocycles. The van der Waals surface area contributed by atoms with Crippen molar-refractivity contribution in [3.8, 4) is 16.9 Å². The van der Waals surface area contributed by atoms with E-state index in [1.807, 2.05) is 52.8 Å². The minimum atomic E-state index is -1.06. The number of rotatable bonds is 6. The van der Waals surface area contributed by atoms with Crippen molar-refractivity contribution >= 4 is 22.7 Å². The summed E-state index contributed by atoms with van der Waals surface area (Å²) in [6.45, 7) is 10.8. The van der Waals surface area contributed by atoms with Gasteiger partial charge in [0.05, 0.1) is 24.9 Å². The molecule has 1 unspecified atom stereocenters. The Bertz CT molecular complexity index is 1610. The summed E-state index contributed by atoms with van der Waals surface area (Å²) < 4.78 is 47.7. The van der Waals surface area contributed by atoms with Crippen LogP contribution in [0.1, 0.15) is 49.3 Å². The first kappa shape index (κ1) is 27.6. The zero-order valence-electron chi connectivity index (χ0n) is 23.5. The molecular formula is C31H33F2N3O4. The molecule has 4 aromatic rings. The van der Waals surface area contributed by atoms with Gasteiger partial charge in [-0.25, -0.2) is 18.6 Å². The molecule has 0 saturated carbocycles. The van der Waals surface area contributed by atoms with Gasteiger partial charge in [0, 0.05) is 40.5 Å². The van der Waals surface area contributed by atoms with Crippen molar-refractivity contribution in [2.75, 3.05) is 25.6 Å². The Hall–Kier alpha value is -3.98. The van der Waals surface area contributed by atoms with Crippen LogP contribution in [0.15, 0.2) is 42.6 Å². The average molecular weight is 550 g/mol. The number of aryl methyl sites for hydroxylation is 1. The molecule has 0 bridgehead atoms. The maximum atomic E-state index is 14.6. The van der Waals surface area contributed by atoms with E-state index in [-0.39, 0.29) is 12.1 Å². The van der Waals surface area contributed by atoms with E-state index in [4.69, 9.17) is 19.2 Å². The van der Waals surface area contributed by atoms with E-state index in [1.54, 1.807) is 16.8 Å². The summed E-state index contributed by atoms with van der Waals surface area (Å²) in [7, 11) is 1.33. The number of pyridine rings is 1. The van der Waals surface area contributed by atoms with Gasteiger partial charge in [0.25, 0.3) is 0 Å². The molecule has 2 aromatic carbocycles. The molecule has 1 N–H and O–H groups in total. The number of carbonyl (C=O) groups excluding carboxylic acids is 1. The number of fused-ring (bicyclic) bond motifs is 2. The van der Waals surface area contributed by atoms with Crippen molar-refractivity contribution in [2.24, 2.45) is 0 Å². The summed E-state index contributed by atoms with van der Waals surface area (Å²) in [4.78, 5) is 18.1. The number of methoxy groups -OCH3 is 1. The number of anilines is 1. The molecule has 0 fully saturated rings. The van der Waals surface area contributed by atoms with Gasteiger partial charge in [-0.05, 0) is 63.9 Å². The first-order valence-electron chi connectivity index (χ1n) is 13.2. The number of aromatic nitrogens is 2. The summed E-state index contributed by atoms with van der Waals surface area (Å²) in [6, 6.07) is 9.89. The Morgan fingerprint density at radius 3 is 2.67 bits per heavy atom. The van der Waals surface area contributed by atoms with Crippen LogP contribution in [0.5, 0.6) is 5.75 Å². The average Bonchev–Trinajstić information content (AvgIpc) is 3.31. The second-order valence-electron chi connectivity index (χ2n) is 10.9. The van der Waals surface area contributed by atoms with Gasteiger partial charge in [-0.2, -0.15) is 0 Å². The Kier molecular flexibility index (Phi) is 7.27. The smallest absolute Gasteiger partial charge is 0.339 e. The molecule has 9 heteroatoms. The van der Waals surface area contributed by atoms with Gasteiger partial charge in [-0.15, -0.1) is 0 Å². The molecule has 0 aliphatic carbocycles. The molecule has 40 heavy (non-hydrogen) atoms. The van der Waals surface area contributed by atoms with E-state index < -0.39 is 29.3 Å². The molecule has 210 valence electrons. The number of hydrogen-bond donors (Lipinski definition) is 1. The minimum absolute atomic E-state index is 0.0792. The number of ether oxygens (including phenoxy) is 3. The standard InChI is InChI=1S/C31H33F2N3O4/c1-17-20(10-11-23-27(17)34-13-15-39-23)25-21-12-14-36(16-19-8-7-9-22(32)26(19)33)29(21)35-18(2)24(25)28(30(37)38-6)40-31(3,4)5/h7-12,14,28,34H,13,15-16H2,1-6H3. The van der Waals surface area contributed by atoms with Gasteiger partial charge < -0.3 is 24.1 Å². The van der Waals surface area contributed by atoms with Crippen molar-refractivity contribution in [1.82, 2.24) is 9.55 Å². The molecule has 2 aromatic heterocycles. The lowest BCUT2D eigenvalue weighted by Crippen LogP contribution is -2.29. The molecule has 7 nitrogen and oxygen atoms in total. The zero-order chi connectivity index (χ0) is 28.8. The SMILES string of the molecule is COC(=O)C(OC(C)(C)C)c1c(C)nc2c(ccn2Cc2cccc(F)c2F)c1-c1ccc2c(c1C)NCCO2. The van der Waals surface area contributed by atoms with E-state index in [0.717, 1.165) is 39.6 Å². The highest BCUT2D eigenvalue weighted by Gasteiger charge is 2.34. The summed E-state index contributed by atoms with van der Waals surface area (Å²) >= 11 is 0. The van der Waals surface area contributed by atoms with Crippen LogP contribution in [0.3, 0.4) is 0 Å². The first-order valence-corrected chi connectivity index (χ1v) is 13.2. The van der Waals surface area contributed by atoms with Gasteiger partial charge in [-0.1, -0.05) is 18.2 Å². The van der Waals surface area contributed by atoms with Gasteiger partial charge in [0.1, 0.15) is 18.0 Å². The summed E-state index contributed by atoms with van der Waals surface area (Å²) in [6.07, 6.45) is 0.738. The molecule has 0 saturated heterocycles. The van der Waals surface area contributed by atoms with E-state index in [2.05, 4.69) is 5.32 Å². The molecule has 0 amide bonds. The van der Waals surface area contributed by atoms with Crippen molar-refractivity contribution < 1.29 is 27.8 Å². The number of benzene rings is 2. The Morgan fingerprint density at radius 1 is 1.18 bits per heavy atom. The first-order chi connectivity index (χ1) is 19.0. The highest BCUT2D eigenvalue weighted by molar-refractivity contribution is 6.00. The minimum Gasteiger partial charge on any atom is -0.490 e. The zero-order valence-corrected chi connectivity index (χ0v) is 23.5. The normalized spacial score (nSPS) is 13.9. The van der Waals surface area contributed by atoms with Gasteiger partial charge in [0.2, 0.25) is 0 Å². The summed E-state index contributed by atoms with van der Waals surface area (Å²) in [5.74, 6) is -1.58. The summed E-state index contributed by atoms with van der Waals surface area (Å²) in [5, 5.41) is 4.17. The fraction of sp³-hybridized carbons (Fsp3) is 0.355. The lowest BCUT2D eigenvalue weighted by atomic mass is 9.89. The molecule has 5 rings (SSSR count). The van der Waals surface area contributed by atoms with Gasteiger partial charge >= 0.3 is 5.97 Å². The van der Waals surface area contributed by atoms with Crippen molar-refractivity contribution in [1.29, 1.82) is 0 Å². The predicted octanol–water partition coefficient (Wildman–Crippen LogP) is 6.48. The van der Waals surface area contributed by atoms with Crippen LogP contribution in [0.2, 0.25) is 0 Å². The second kappa shape index (κ2) is 10.5. The predicted molar refractivity (Wildman–Crippen MR) is 150 cm³/mol. The van der Waals surface area contributed by atoms with Crippen LogP contribution in [0.4, 0.5) is 14.5 Å². The quantitative estimate of drug-likeness (QED) is 0.278. The van der Waals surface area contributed by atoms with Crippen molar-refractivity contribution in [3.05, 3.63) is 76.6 Å².